The number of benzene rings is 9. The number of hydrogen-bond acceptors (Lipinski definition) is 1. The molecule has 0 radical (unpaired) electrons. The van der Waals surface area contributed by atoms with E-state index >= 15 is 0 Å². The summed E-state index contributed by atoms with van der Waals surface area (Å²) in [4.78, 5) is 2.38. The molecule has 0 unspecified atom stereocenters. The average molecular weight is 847 g/mol. The van der Waals surface area contributed by atoms with E-state index in [1.54, 1.807) is 11.1 Å². The first-order valence-corrected chi connectivity index (χ1v) is 24.2. The van der Waals surface area contributed by atoms with Crippen molar-refractivity contribution in [2.45, 2.75) is 37.5 Å². The summed E-state index contributed by atoms with van der Waals surface area (Å²) in [7, 11) is 0. The topological polar surface area (TPSA) is 8.17 Å². The summed E-state index contributed by atoms with van der Waals surface area (Å²) in [5.74, 6) is 3.35. The first kappa shape index (κ1) is 37.9. The SMILES string of the molecule is c1ccc(-c2ccc(N(c3ccc(-c4ccc(-c5cccc6c5C5(c7ccccc7-6)C6CC7CC(C6)CC5C7)cc4)cc3)c3ccc(-n4c5ccccc5c5ccccc54)cc3)cc2)cc1. The van der Waals surface area contributed by atoms with Crippen molar-refractivity contribution < 1.29 is 0 Å². The van der Waals surface area contributed by atoms with Gasteiger partial charge in [0.2, 0.25) is 0 Å². The second-order valence-corrected chi connectivity index (χ2v) is 19.7. The van der Waals surface area contributed by atoms with E-state index in [4.69, 9.17) is 0 Å². The molecule has 0 N–H and O–H groups in total. The third-order valence-corrected chi connectivity index (χ3v) is 16.4. The minimum Gasteiger partial charge on any atom is -0.311 e. The molecule has 2 nitrogen and oxygen atoms in total. The normalized spacial score (nSPS) is 21.1. The van der Waals surface area contributed by atoms with E-state index in [0.29, 0.717) is 0 Å². The molecule has 0 atom stereocenters. The lowest BCUT2D eigenvalue weighted by Crippen LogP contribution is -2.55. The molecule has 5 aliphatic rings. The molecule has 4 fully saturated rings. The zero-order valence-corrected chi connectivity index (χ0v) is 37.0. The maximum Gasteiger partial charge on any atom is 0.0541 e. The Morgan fingerprint density at radius 3 is 1.38 bits per heavy atom. The molecule has 66 heavy (non-hydrogen) atoms. The van der Waals surface area contributed by atoms with Crippen molar-refractivity contribution >= 4 is 38.9 Å². The van der Waals surface area contributed by atoms with Crippen LogP contribution in [0.15, 0.2) is 218 Å². The molecule has 0 amide bonds. The van der Waals surface area contributed by atoms with Gasteiger partial charge in [-0.25, -0.2) is 0 Å². The summed E-state index contributed by atoms with van der Waals surface area (Å²) < 4.78 is 2.39. The Balaban J connectivity index is 0.814. The first-order chi connectivity index (χ1) is 32.7. The van der Waals surface area contributed by atoms with Gasteiger partial charge in [-0.05, 0) is 172 Å². The molecule has 1 heterocycles. The largest absolute Gasteiger partial charge is 0.311 e. The highest BCUT2D eigenvalue weighted by molar-refractivity contribution is 6.09. The fraction of sp³-hybridized carbons (Fsp3) is 0.156. The summed E-state index contributed by atoms with van der Waals surface area (Å²) >= 11 is 0. The van der Waals surface area contributed by atoms with Crippen LogP contribution in [0.25, 0.3) is 72.0 Å². The van der Waals surface area contributed by atoms with Gasteiger partial charge in [-0.1, -0.05) is 158 Å². The number of fused-ring (bicyclic) bond motifs is 6. The predicted molar refractivity (Wildman–Crippen MR) is 275 cm³/mol. The van der Waals surface area contributed by atoms with Gasteiger partial charge in [0.15, 0.2) is 0 Å². The molecule has 4 saturated carbocycles. The third-order valence-electron chi connectivity index (χ3n) is 16.4. The number of rotatable bonds is 7. The van der Waals surface area contributed by atoms with Gasteiger partial charge in [0.05, 0.1) is 11.0 Å². The van der Waals surface area contributed by atoms with Crippen LogP contribution in [0.3, 0.4) is 0 Å². The number of para-hydroxylation sites is 2. The van der Waals surface area contributed by atoms with Crippen molar-refractivity contribution in [1.82, 2.24) is 4.57 Å². The minimum absolute atomic E-state index is 0.142. The Bertz CT molecular complexity index is 3370. The van der Waals surface area contributed by atoms with Crippen LogP contribution in [0.1, 0.15) is 43.2 Å². The lowest BCUT2D eigenvalue weighted by Gasteiger charge is -2.61. The molecule has 2 heteroatoms. The Labute approximate surface area is 387 Å². The van der Waals surface area contributed by atoms with Gasteiger partial charge in [0, 0.05) is 38.9 Å². The quantitative estimate of drug-likeness (QED) is 0.155. The molecule has 316 valence electrons. The van der Waals surface area contributed by atoms with Gasteiger partial charge in [-0.2, -0.15) is 0 Å². The smallest absolute Gasteiger partial charge is 0.0541 e. The molecular formula is C64H50N2. The maximum atomic E-state index is 2.50. The number of aromatic nitrogens is 1. The van der Waals surface area contributed by atoms with E-state index in [0.717, 1.165) is 46.4 Å². The van der Waals surface area contributed by atoms with Gasteiger partial charge in [-0.3, -0.25) is 0 Å². The number of hydrogen-bond donors (Lipinski definition) is 0. The van der Waals surface area contributed by atoms with Gasteiger partial charge < -0.3 is 9.47 Å². The zero-order chi connectivity index (χ0) is 43.3. The fourth-order valence-corrected chi connectivity index (χ4v) is 13.9. The number of nitrogens with zero attached hydrogens (tertiary/aromatic N) is 2. The van der Waals surface area contributed by atoms with Gasteiger partial charge >= 0.3 is 0 Å². The van der Waals surface area contributed by atoms with E-state index in [-0.39, 0.29) is 5.41 Å². The van der Waals surface area contributed by atoms with E-state index in [1.165, 1.54) is 98.4 Å². The maximum absolute atomic E-state index is 2.50. The Morgan fingerprint density at radius 2 is 0.788 bits per heavy atom. The summed E-state index contributed by atoms with van der Waals surface area (Å²) in [5.41, 5.74) is 20.9. The fourth-order valence-electron chi connectivity index (χ4n) is 13.9. The van der Waals surface area contributed by atoms with Gasteiger partial charge in [0.1, 0.15) is 0 Å². The van der Waals surface area contributed by atoms with E-state index < -0.39 is 0 Å². The highest BCUT2D eigenvalue weighted by Crippen LogP contribution is 2.70. The second-order valence-electron chi connectivity index (χ2n) is 19.7. The van der Waals surface area contributed by atoms with Crippen LogP contribution in [-0.2, 0) is 5.41 Å². The van der Waals surface area contributed by atoms with Gasteiger partial charge in [0.25, 0.3) is 0 Å². The molecule has 1 spiro atoms. The van der Waals surface area contributed by atoms with E-state index in [9.17, 15) is 0 Å². The lowest BCUT2D eigenvalue weighted by molar-refractivity contribution is -0.0397. The molecule has 10 aromatic rings. The molecule has 0 saturated heterocycles. The van der Waals surface area contributed by atoms with Crippen LogP contribution >= 0.6 is 0 Å². The molecule has 1 aromatic heterocycles. The van der Waals surface area contributed by atoms with Crippen molar-refractivity contribution in [3.8, 4) is 50.2 Å². The van der Waals surface area contributed by atoms with Crippen LogP contribution in [0.4, 0.5) is 17.1 Å². The van der Waals surface area contributed by atoms with Crippen molar-refractivity contribution in [3.63, 3.8) is 0 Å². The first-order valence-electron chi connectivity index (χ1n) is 24.2. The second kappa shape index (κ2) is 14.8. The highest BCUT2D eigenvalue weighted by Gasteiger charge is 2.62. The van der Waals surface area contributed by atoms with Gasteiger partial charge in [-0.15, -0.1) is 0 Å². The predicted octanol–water partition coefficient (Wildman–Crippen LogP) is 17.0. The van der Waals surface area contributed by atoms with Crippen LogP contribution in [0.5, 0.6) is 0 Å². The zero-order valence-electron chi connectivity index (χ0n) is 37.0. The van der Waals surface area contributed by atoms with Crippen LogP contribution in [0, 0.1) is 23.7 Å². The van der Waals surface area contributed by atoms with Crippen molar-refractivity contribution in [1.29, 1.82) is 0 Å². The Hall–Kier alpha value is -7.42. The summed E-state index contributed by atoms with van der Waals surface area (Å²) in [6.45, 7) is 0. The molecule has 15 rings (SSSR count). The summed E-state index contributed by atoms with van der Waals surface area (Å²) in [6.07, 6.45) is 7.06. The molecule has 5 aliphatic carbocycles. The van der Waals surface area contributed by atoms with Crippen molar-refractivity contribution in [3.05, 3.63) is 230 Å². The summed E-state index contributed by atoms with van der Waals surface area (Å²) in [5, 5.41) is 2.54. The average Bonchev–Trinajstić information content (AvgIpc) is 3.88. The van der Waals surface area contributed by atoms with Crippen LogP contribution < -0.4 is 4.90 Å². The standard InChI is InChI=1S/C64H50N2/c1-2-11-44(12-3-1)46-25-29-51(30-26-46)65(53-33-35-54(36-34-53)66-61-19-8-5-14-57(61)58-15-6-9-20-62(58)66)52-31-27-47(28-32-52)45-21-23-48(24-22-45)55-16-10-17-59-56-13-4-7-18-60(56)64(63(55)59)49-38-42-37-43(40-49)41-50(64)39-42/h1-36,42-43,49-50H,37-41H2. The Morgan fingerprint density at radius 1 is 0.348 bits per heavy atom. The van der Waals surface area contributed by atoms with Crippen LogP contribution in [0.2, 0.25) is 0 Å². The van der Waals surface area contributed by atoms with E-state index in [2.05, 4.69) is 228 Å². The number of anilines is 3. The van der Waals surface area contributed by atoms with E-state index in [1.807, 2.05) is 0 Å². The lowest BCUT2D eigenvalue weighted by atomic mass is 9.42. The van der Waals surface area contributed by atoms with Crippen molar-refractivity contribution in [2.75, 3.05) is 4.90 Å². The molecular weight excluding hydrogens is 797 g/mol. The summed E-state index contributed by atoms with van der Waals surface area (Å²) in [6, 6.07) is 81.4. The highest BCUT2D eigenvalue weighted by atomic mass is 15.1. The van der Waals surface area contributed by atoms with Crippen molar-refractivity contribution in [2.24, 2.45) is 23.7 Å². The molecule has 9 aromatic carbocycles. The van der Waals surface area contributed by atoms with Crippen LogP contribution in [-0.4, -0.2) is 4.57 Å². The minimum atomic E-state index is 0.142. The molecule has 4 bridgehead atoms. The molecule has 0 aliphatic heterocycles. The third kappa shape index (κ3) is 5.67. The Kier molecular flexibility index (Phi) is 8.50. The monoisotopic (exact) mass is 846 g/mol.